The molecule has 3 aliphatic rings. The third-order valence-electron chi connectivity index (χ3n) is 8.19. The average Bonchev–Trinajstić information content (AvgIpc) is 3.47. The zero-order valence-corrected chi connectivity index (χ0v) is 23.5. The summed E-state index contributed by atoms with van der Waals surface area (Å²) in [6.07, 6.45) is 15.4. The van der Waals surface area contributed by atoms with Crippen molar-refractivity contribution in [2.75, 3.05) is 5.32 Å². The van der Waals surface area contributed by atoms with Gasteiger partial charge in [0.2, 0.25) is 5.91 Å². The van der Waals surface area contributed by atoms with Crippen LogP contribution in [0.4, 0.5) is 10.1 Å². The van der Waals surface area contributed by atoms with Crippen molar-refractivity contribution in [3.63, 3.8) is 0 Å². The summed E-state index contributed by atoms with van der Waals surface area (Å²) >= 11 is 1.51. The van der Waals surface area contributed by atoms with Crippen molar-refractivity contribution in [3.05, 3.63) is 71.0 Å². The van der Waals surface area contributed by atoms with Gasteiger partial charge in [0.15, 0.2) is 5.17 Å². The van der Waals surface area contributed by atoms with E-state index in [0.717, 1.165) is 60.2 Å². The number of nitrogens with one attached hydrogen (secondary N) is 1. The number of nitrogens with zero attached hydrogens (tertiary/aromatic N) is 3. The average molecular weight is 559 g/mol. The fraction of sp³-hybridized carbons (Fsp3) is 0.406. The van der Waals surface area contributed by atoms with E-state index in [0.29, 0.717) is 16.6 Å². The normalized spacial score (nSPS) is 21.1. The number of para-hydroxylation sites is 1. The number of anilines is 1. The molecule has 3 fully saturated rings. The summed E-state index contributed by atoms with van der Waals surface area (Å²) in [6, 6.07) is 14.2. The first-order valence-electron chi connectivity index (χ1n) is 14.5. The number of aliphatic imine (C=N–C) groups is 1. The van der Waals surface area contributed by atoms with Gasteiger partial charge in [0, 0.05) is 34.4 Å². The Morgan fingerprint density at radius 1 is 0.975 bits per heavy atom. The Morgan fingerprint density at radius 2 is 1.68 bits per heavy atom. The van der Waals surface area contributed by atoms with E-state index in [2.05, 4.69) is 5.32 Å². The molecule has 6 nitrogen and oxygen atoms in total. The third-order valence-corrected chi connectivity index (χ3v) is 9.19. The molecule has 2 amide bonds. The van der Waals surface area contributed by atoms with Crippen LogP contribution in [-0.4, -0.2) is 38.5 Å². The summed E-state index contributed by atoms with van der Waals surface area (Å²) < 4.78 is 15.2. The van der Waals surface area contributed by atoms with Crippen LogP contribution in [0.5, 0.6) is 0 Å². The molecular weight excluding hydrogens is 523 g/mol. The van der Waals surface area contributed by atoms with Crippen molar-refractivity contribution in [1.82, 2.24) is 9.47 Å². The van der Waals surface area contributed by atoms with Crippen LogP contribution < -0.4 is 5.32 Å². The molecule has 2 aliphatic carbocycles. The van der Waals surface area contributed by atoms with E-state index in [1.165, 1.54) is 49.6 Å². The van der Waals surface area contributed by atoms with E-state index >= 15 is 0 Å². The highest BCUT2D eigenvalue weighted by Crippen LogP contribution is 2.39. The standard InChI is InChI=1S/C32H35FN4O2S/c33-23-15-17-25(18-16-23)34-30(38)21-36-20-22(27-13-7-8-14-28(27)36)19-29-31(39)37(26-11-5-2-6-12-26)32(40-29)35-24-9-3-1-4-10-24/h7-8,13-20,24,26H,1-6,9-12,21H2,(H,34,38). The second-order valence-electron chi connectivity index (χ2n) is 11.1. The van der Waals surface area contributed by atoms with Crippen molar-refractivity contribution in [1.29, 1.82) is 0 Å². The maximum Gasteiger partial charge on any atom is 0.267 e. The minimum atomic E-state index is -0.347. The van der Waals surface area contributed by atoms with E-state index in [1.54, 1.807) is 12.1 Å². The molecule has 0 unspecified atom stereocenters. The second kappa shape index (κ2) is 12.0. The molecule has 1 aromatic heterocycles. The Kier molecular flexibility index (Phi) is 8.05. The fourth-order valence-electron chi connectivity index (χ4n) is 6.15. The molecular formula is C32H35FN4O2S. The van der Waals surface area contributed by atoms with E-state index < -0.39 is 0 Å². The summed E-state index contributed by atoms with van der Waals surface area (Å²) in [6.45, 7) is 0.102. The van der Waals surface area contributed by atoms with Crippen LogP contribution in [0.3, 0.4) is 0 Å². The molecule has 0 bridgehead atoms. The number of amides is 2. The van der Waals surface area contributed by atoms with Crippen LogP contribution >= 0.6 is 11.8 Å². The summed E-state index contributed by atoms with van der Waals surface area (Å²) in [5.41, 5.74) is 2.37. The highest BCUT2D eigenvalue weighted by Gasteiger charge is 2.39. The van der Waals surface area contributed by atoms with Gasteiger partial charge in [-0.15, -0.1) is 0 Å². The van der Waals surface area contributed by atoms with Crippen molar-refractivity contribution in [2.24, 2.45) is 4.99 Å². The number of hydrogen-bond acceptors (Lipinski definition) is 4. The molecule has 0 radical (unpaired) electrons. The predicted molar refractivity (Wildman–Crippen MR) is 161 cm³/mol. The second-order valence-corrected chi connectivity index (χ2v) is 12.1. The molecule has 1 saturated heterocycles. The summed E-state index contributed by atoms with van der Waals surface area (Å²) in [7, 11) is 0. The van der Waals surface area contributed by atoms with Crippen LogP contribution in [0, 0.1) is 5.82 Å². The number of fused-ring (bicyclic) bond motifs is 1. The van der Waals surface area contributed by atoms with E-state index in [1.807, 2.05) is 46.0 Å². The molecule has 0 atom stereocenters. The zero-order valence-electron chi connectivity index (χ0n) is 22.7. The first-order valence-corrected chi connectivity index (χ1v) is 15.3. The lowest BCUT2D eigenvalue weighted by Crippen LogP contribution is -2.41. The van der Waals surface area contributed by atoms with Crippen LogP contribution in [0.1, 0.15) is 69.8 Å². The van der Waals surface area contributed by atoms with Crippen molar-refractivity contribution in [3.8, 4) is 0 Å². The Hall–Kier alpha value is -3.39. The molecule has 2 heterocycles. The van der Waals surface area contributed by atoms with E-state index in [9.17, 15) is 14.0 Å². The van der Waals surface area contributed by atoms with Gasteiger partial charge in [0.1, 0.15) is 12.4 Å². The summed E-state index contributed by atoms with van der Waals surface area (Å²) in [5, 5.41) is 4.69. The largest absolute Gasteiger partial charge is 0.337 e. The first-order chi connectivity index (χ1) is 19.5. The van der Waals surface area contributed by atoms with Crippen LogP contribution in [0.15, 0.2) is 64.6 Å². The fourth-order valence-corrected chi connectivity index (χ4v) is 7.26. The first kappa shape index (κ1) is 26.8. The monoisotopic (exact) mass is 558 g/mol. The van der Waals surface area contributed by atoms with E-state index in [4.69, 9.17) is 4.99 Å². The SMILES string of the molecule is O=C(Cn1cc(C=C2SC(=NC3CCCCC3)N(C3CCCCC3)C2=O)c2ccccc21)Nc1ccc(F)cc1. The lowest BCUT2D eigenvalue weighted by atomic mass is 9.94. The molecule has 1 aliphatic heterocycles. The minimum Gasteiger partial charge on any atom is -0.337 e. The third kappa shape index (κ3) is 5.87. The number of hydrogen-bond donors (Lipinski definition) is 1. The van der Waals surface area contributed by atoms with Crippen LogP contribution in [-0.2, 0) is 16.1 Å². The van der Waals surface area contributed by atoms with Crippen molar-refractivity contribution in [2.45, 2.75) is 82.8 Å². The van der Waals surface area contributed by atoms with Gasteiger partial charge < -0.3 is 9.88 Å². The van der Waals surface area contributed by atoms with Crippen molar-refractivity contribution >= 4 is 51.4 Å². The Balaban J connectivity index is 1.29. The topological polar surface area (TPSA) is 66.7 Å². The number of rotatable bonds is 6. The molecule has 2 saturated carbocycles. The van der Waals surface area contributed by atoms with Gasteiger partial charge >= 0.3 is 0 Å². The maximum atomic E-state index is 13.9. The molecule has 40 heavy (non-hydrogen) atoms. The molecule has 1 N–H and O–H groups in total. The van der Waals surface area contributed by atoms with Crippen molar-refractivity contribution < 1.29 is 14.0 Å². The number of amidine groups is 1. The van der Waals surface area contributed by atoms with Gasteiger partial charge in [0.25, 0.3) is 5.91 Å². The van der Waals surface area contributed by atoms with Gasteiger partial charge in [0.05, 0.1) is 10.9 Å². The maximum absolute atomic E-state index is 13.9. The molecule has 0 spiro atoms. The highest BCUT2D eigenvalue weighted by atomic mass is 32.2. The van der Waals surface area contributed by atoms with Gasteiger partial charge in [-0.2, -0.15) is 0 Å². The molecule has 208 valence electrons. The molecule has 8 heteroatoms. The van der Waals surface area contributed by atoms with Gasteiger partial charge in [-0.05, 0) is 73.9 Å². The van der Waals surface area contributed by atoms with Crippen LogP contribution in [0.25, 0.3) is 17.0 Å². The Morgan fingerprint density at radius 3 is 2.42 bits per heavy atom. The zero-order chi connectivity index (χ0) is 27.5. The number of thioether (sulfide) groups is 1. The number of carbonyl (C=O) groups excluding carboxylic acids is 2. The minimum absolute atomic E-state index is 0.0531. The lowest BCUT2D eigenvalue weighted by molar-refractivity contribution is -0.124. The Labute approximate surface area is 238 Å². The number of aromatic nitrogens is 1. The summed E-state index contributed by atoms with van der Waals surface area (Å²) in [4.78, 5) is 34.6. The number of benzene rings is 2. The van der Waals surface area contributed by atoms with Gasteiger partial charge in [-0.25, -0.2) is 4.39 Å². The molecule has 6 rings (SSSR count). The van der Waals surface area contributed by atoms with E-state index in [-0.39, 0.29) is 30.2 Å². The van der Waals surface area contributed by atoms with Crippen LogP contribution in [0.2, 0.25) is 0 Å². The smallest absolute Gasteiger partial charge is 0.267 e. The quantitative estimate of drug-likeness (QED) is 0.322. The number of halogens is 1. The van der Waals surface area contributed by atoms with Gasteiger partial charge in [-0.1, -0.05) is 56.7 Å². The number of carbonyl (C=O) groups is 2. The molecule has 2 aromatic carbocycles. The predicted octanol–water partition coefficient (Wildman–Crippen LogP) is 7.36. The highest BCUT2D eigenvalue weighted by molar-refractivity contribution is 8.18. The summed E-state index contributed by atoms with van der Waals surface area (Å²) in [5.74, 6) is -0.499. The van der Waals surface area contributed by atoms with Gasteiger partial charge in [-0.3, -0.25) is 19.5 Å². The molecule has 3 aromatic rings. The Bertz CT molecular complexity index is 1450. The lowest BCUT2D eigenvalue weighted by Gasteiger charge is -2.31.